The number of carbonyl (C=O) groups excluding carboxylic acids is 1. The maximum absolute atomic E-state index is 13.4. The van der Waals surface area contributed by atoms with Gasteiger partial charge in [0.1, 0.15) is 10.8 Å². The van der Waals surface area contributed by atoms with Crippen LogP contribution in [0.4, 0.5) is 4.39 Å². The molecule has 0 aliphatic rings. The van der Waals surface area contributed by atoms with E-state index in [0.29, 0.717) is 30.0 Å². The van der Waals surface area contributed by atoms with Crippen LogP contribution in [-0.2, 0) is 6.42 Å². The van der Waals surface area contributed by atoms with Gasteiger partial charge in [0.15, 0.2) is 11.5 Å². The molecule has 1 amide bonds. The van der Waals surface area contributed by atoms with E-state index in [9.17, 15) is 9.18 Å². The molecule has 1 heterocycles. The van der Waals surface area contributed by atoms with Crippen LogP contribution in [0.5, 0.6) is 11.5 Å². The van der Waals surface area contributed by atoms with Crippen LogP contribution >= 0.6 is 11.3 Å². The lowest BCUT2D eigenvalue weighted by Crippen LogP contribution is -2.26. The van der Waals surface area contributed by atoms with Gasteiger partial charge in [0, 0.05) is 23.4 Å². The number of benzene rings is 2. The summed E-state index contributed by atoms with van der Waals surface area (Å²) in [5.74, 6) is 0.396. The predicted molar refractivity (Wildman–Crippen MR) is 108 cm³/mol. The fraction of sp³-hybridized carbons (Fsp3) is 0.238. The van der Waals surface area contributed by atoms with Crippen molar-refractivity contribution in [2.24, 2.45) is 0 Å². The first-order chi connectivity index (χ1) is 13.5. The third kappa shape index (κ3) is 4.31. The molecule has 0 saturated heterocycles. The van der Waals surface area contributed by atoms with Gasteiger partial charge in [-0.1, -0.05) is 18.2 Å². The minimum atomic E-state index is -0.286. The Bertz CT molecular complexity index is 988. The highest BCUT2D eigenvalue weighted by molar-refractivity contribution is 7.15. The number of halogens is 1. The second kappa shape index (κ2) is 8.84. The number of aromatic nitrogens is 1. The molecule has 2 aromatic carbocycles. The minimum absolute atomic E-state index is 0.233. The normalized spacial score (nSPS) is 10.6. The largest absolute Gasteiger partial charge is 0.493 e. The molecule has 146 valence electrons. The van der Waals surface area contributed by atoms with Gasteiger partial charge in [-0.05, 0) is 31.2 Å². The standard InChI is InChI=1S/C21H21FN2O3S/c1-13-18(28-21(24-13)14-6-4-7-15(22)12-14)10-11-23-20(25)16-8-5-9-17(26-2)19(16)27-3/h4-9,12H,10-11H2,1-3H3,(H,23,25). The molecule has 0 aliphatic carbocycles. The van der Waals surface area contributed by atoms with Gasteiger partial charge < -0.3 is 14.8 Å². The Labute approximate surface area is 167 Å². The van der Waals surface area contributed by atoms with Gasteiger partial charge in [-0.15, -0.1) is 11.3 Å². The Kier molecular flexibility index (Phi) is 6.26. The molecule has 5 nitrogen and oxygen atoms in total. The summed E-state index contributed by atoms with van der Waals surface area (Å²) in [6.45, 7) is 2.37. The topological polar surface area (TPSA) is 60.5 Å². The molecule has 3 aromatic rings. The van der Waals surface area contributed by atoms with Crippen molar-refractivity contribution in [3.63, 3.8) is 0 Å². The number of amides is 1. The summed E-state index contributed by atoms with van der Waals surface area (Å²) in [5.41, 5.74) is 2.06. The maximum atomic E-state index is 13.4. The summed E-state index contributed by atoms with van der Waals surface area (Å²) in [4.78, 5) is 18.1. The minimum Gasteiger partial charge on any atom is -0.493 e. The Morgan fingerprint density at radius 3 is 2.68 bits per heavy atom. The Morgan fingerprint density at radius 1 is 1.18 bits per heavy atom. The van der Waals surface area contributed by atoms with E-state index in [4.69, 9.17) is 9.47 Å². The molecule has 28 heavy (non-hydrogen) atoms. The van der Waals surface area contributed by atoms with E-state index in [2.05, 4.69) is 10.3 Å². The van der Waals surface area contributed by atoms with Gasteiger partial charge in [0.05, 0.1) is 25.5 Å². The molecule has 0 spiro atoms. The first-order valence-corrected chi connectivity index (χ1v) is 9.56. The predicted octanol–water partition coefficient (Wildman–Crippen LogP) is 4.25. The van der Waals surface area contributed by atoms with Gasteiger partial charge in [0.2, 0.25) is 0 Å². The fourth-order valence-corrected chi connectivity index (χ4v) is 3.91. The van der Waals surface area contributed by atoms with Crippen molar-refractivity contribution in [3.8, 4) is 22.1 Å². The van der Waals surface area contributed by atoms with E-state index in [0.717, 1.165) is 21.1 Å². The molecule has 0 saturated carbocycles. The number of hydrogen-bond donors (Lipinski definition) is 1. The van der Waals surface area contributed by atoms with Crippen LogP contribution in [0.2, 0.25) is 0 Å². The molecule has 1 N–H and O–H groups in total. The molecular weight excluding hydrogens is 379 g/mol. The molecule has 0 radical (unpaired) electrons. The second-order valence-corrected chi connectivity index (χ2v) is 7.17. The number of thiazole rings is 1. The summed E-state index contributed by atoms with van der Waals surface area (Å²) in [7, 11) is 3.03. The highest BCUT2D eigenvalue weighted by atomic mass is 32.1. The van der Waals surface area contributed by atoms with Crippen molar-refractivity contribution in [2.45, 2.75) is 13.3 Å². The van der Waals surface area contributed by atoms with Crippen LogP contribution in [0.25, 0.3) is 10.6 Å². The third-order valence-corrected chi connectivity index (χ3v) is 5.52. The Balaban J connectivity index is 1.67. The molecule has 3 rings (SSSR count). The second-order valence-electron chi connectivity index (χ2n) is 6.08. The number of rotatable bonds is 7. The summed E-state index contributed by atoms with van der Waals surface area (Å²) in [6, 6.07) is 11.6. The smallest absolute Gasteiger partial charge is 0.255 e. The molecule has 0 aliphatic heterocycles. The van der Waals surface area contributed by atoms with Crippen molar-refractivity contribution in [1.29, 1.82) is 0 Å². The van der Waals surface area contributed by atoms with E-state index in [1.807, 2.05) is 13.0 Å². The van der Waals surface area contributed by atoms with Crippen LogP contribution in [0, 0.1) is 12.7 Å². The monoisotopic (exact) mass is 400 g/mol. The molecule has 1 aromatic heterocycles. The number of ether oxygens (including phenoxy) is 2. The number of nitrogens with zero attached hydrogens (tertiary/aromatic N) is 1. The van der Waals surface area contributed by atoms with E-state index < -0.39 is 0 Å². The zero-order valence-corrected chi connectivity index (χ0v) is 16.7. The molecule has 7 heteroatoms. The number of aryl methyl sites for hydroxylation is 1. The Morgan fingerprint density at radius 2 is 1.96 bits per heavy atom. The number of nitrogens with one attached hydrogen (secondary N) is 1. The van der Waals surface area contributed by atoms with Crippen LogP contribution in [0.3, 0.4) is 0 Å². The summed E-state index contributed by atoms with van der Waals surface area (Å²) in [5, 5.41) is 3.67. The van der Waals surface area contributed by atoms with Crippen molar-refractivity contribution in [1.82, 2.24) is 10.3 Å². The van der Waals surface area contributed by atoms with Crippen molar-refractivity contribution in [3.05, 3.63) is 64.4 Å². The molecule has 0 fully saturated rings. The summed E-state index contributed by atoms with van der Waals surface area (Å²) in [6.07, 6.45) is 0.636. The fourth-order valence-electron chi connectivity index (χ4n) is 2.86. The quantitative estimate of drug-likeness (QED) is 0.644. The third-order valence-electron chi connectivity index (χ3n) is 4.25. The molecular formula is C21H21FN2O3S. The molecule has 0 unspecified atom stereocenters. The van der Waals surface area contributed by atoms with E-state index in [1.54, 1.807) is 24.3 Å². The van der Waals surface area contributed by atoms with Crippen LogP contribution < -0.4 is 14.8 Å². The van der Waals surface area contributed by atoms with E-state index in [1.165, 1.54) is 37.7 Å². The van der Waals surface area contributed by atoms with Gasteiger partial charge in [-0.3, -0.25) is 4.79 Å². The van der Waals surface area contributed by atoms with Crippen molar-refractivity contribution >= 4 is 17.2 Å². The zero-order chi connectivity index (χ0) is 20.1. The van der Waals surface area contributed by atoms with Crippen LogP contribution in [-0.4, -0.2) is 31.7 Å². The van der Waals surface area contributed by atoms with Gasteiger partial charge in [-0.2, -0.15) is 0 Å². The molecule has 0 atom stereocenters. The van der Waals surface area contributed by atoms with Crippen molar-refractivity contribution in [2.75, 3.05) is 20.8 Å². The average molecular weight is 400 g/mol. The first-order valence-electron chi connectivity index (χ1n) is 8.75. The highest BCUT2D eigenvalue weighted by Gasteiger charge is 2.16. The lowest BCUT2D eigenvalue weighted by molar-refractivity contribution is 0.0950. The van der Waals surface area contributed by atoms with E-state index in [-0.39, 0.29) is 11.7 Å². The SMILES string of the molecule is COc1cccc(C(=O)NCCc2sc(-c3cccc(F)c3)nc2C)c1OC. The van der Waals surface area contributed by atoms with Gasteiger partial charge >= 0.3 is 0 Å². The highest BCUT2D eigenvalue weighted by Crippen LogP contribution is 2.31. The zero-order valence-electron chi connectivity index (χ0n) is 15.9. The van der Waals surface area contributed by atoms with Gasteiger partial charge in [0.25, 0.3) is 5.91 Å². The van der Waals surface area contributed by atoms with E-state index >= 15 is 0 Å². The number of methoxy groups -OCH3 is 2. The number of carbonyl (C=O) groups is 1. The number of hydrogen-bond acceptors (Lipinski definition) is 5. The van der Waals surface area contributed by atoms with Crippen LogP contribution in [0.15, 0.2) is 42.5 Å². The number of para-hydroxylation sites is 1. The Hall–Kier alpha value is -2.93. The first kappa shape index (κ1) is 19.8. The van der Waals surface area contributed by atoms with Crippen molar-refractivity contribution < 1.29 is 18.7 Å². The molecule has 0 bridgehead atoms. The average Bonchev–Trinajstić information content (AvgIpc) is 3.07. The summed E-state index contributed by atoms with van der Waals surface area (Å²) < 4.78 is 24.0. The maximum Gasteiger partial charge on any atom is 0.255 e. The van der Waals surface area contributed by atoms with Crippen LogP contribution in [0.1, 0.15) is 20.9 Å². The lowest BCUT2D eigenvalue weighted by atomic mass is 10.1. The van der Waals surface area contributed by atoms with Gasteiger partial charge in [-0.25, -0.2) is 9.37 Å². The summed E-state index contributed by atoms with van der Waals surface area (Å²) >= 11 is 1.51. The lowest BCUT2D eigenvalue weighted by Gasteiger charge is -2.12.